The first-order chi connectivity index (χ1) is 10.5. The lowest BCUT2D eigenvalue weighted by Crippen LogP contribution is -2.51. The number of nitrogens with one attached hydrogen (secondary N) is 2. The largest absolute Gasteiger partial charge is 0.463 e. The number of hydrogen-bond acceptors (Lipinski definition) is 4. The van der Waals surface area contributed by atoms with Crippen LogP contribution in [0.2, 0.25) is 0 Å². The first-order valence-electron chi connectivity index (χ1n) is 6.70. The second-order valence-electron chi connectivity index (χ2n) is 4.79. The Morgan fingerprint density at radius 3 is 2.68 bits per heavy atom. The Balaban J connectivity index is 2.21. The Hall–Kier alpha value is -1.99. The van der Waals surface area contributed by atoms with Gasteiger partial charge >= 0.3 is 5.97 Å². The molecule has 0 spiro atoms. The minimum atomic E-state index is -0.672. The highest BCUT2D eigenvalue weighted by Crippen LogP contribution is 2.30. The predicted octanol–water partition coefficient (Wildman–Crippen LogP) is 1.66. The average molecular weight is 324 g/mol. The molecular weight excluding hydrogens is 307 g/mol. The van der Waals surface area contributed by atoms with E-state index in [-0.39, 0.29) is 12.4 Å². The molecule has 7 heteroatoms. The highest BCUT2D eigenvalue weighted by atomic mass is 32.1. The Kier molecular flexibility index (Phi) is 5.46. The Labute approximate surface area is 133 Å². The number of methoxy groups -OCH3 is 1. The SMILES string of the molecule is C=C1NC(=S)N[C@@H](c2ccc(F)cc2)[C@@H]1C(=O)OCCOC. The monoisotopic (exact) mass is 324 g/mol. The molecule has 22 heavy (non-hydrogen) atoms. The number of rotatable bonds is 5. The van der Waals surface area contributed by atoms with Crippen molar-refractivity contribution in [3.63, 3.8) is 0 Å². The van der Waals surface area contributed by atoms with Crippen LogP contribution >= 0.6 is 12.2 Å². The van der Waals surface area contributed by atoms with Crippen LogP contribution in [0.4, 0.5) is 4.39 Å². The number of benzene rings is 1. The van der Waals surface area contributed by atoms with Crippen LogP contribution in [0.3, 0.4) is 0 Å². The van der Waals surface area contributed by atoms with Gasteiger partial charge in [0.1, 0.15) is 18.3 Å². The van der Waals surface area contributed by atoms with E-state index in [4.69, 9.17) is 21.7 Å². The summed E-state index contributed by atoms with van der Waals surface area (Å²) in [6.07, 6.45) is 0. The molecule has 2 rings (SSSR count). The van der Waals surface area contributed by atoms with E-state index in [2.05, 4.69) is 17.2 Å². The van der Waals surface area contributed by atoms with E-state index in [1.807, 2.05) is 0 Å². The zero-order valence-corrected chi connectivity index (χ0v) is 12.9. The van der Waals surface area contributed by atoms with Crippen LogP contribution in [-0.2, 0) is 14.3 Å². The molecule has 1 heterocycles. The summed E-state index contributed by atoms with van der Waals surface area (Å²) in [4.78, 5) is 12.3. The lowest BCUT2D eigenvalue weighted by Gasteiger charge is -2.34. The van der Waals surface area contributed by atoms with E-state index in [1.54, 1.807) is 12.1 Å². The molecule has 5 nitrogen and oxygen atoms in total. The van der Waals surface area contributed by atoms with Crippen molar-refractivity contribution in [2.45, 2.75) is 6.04 Å². The lowest BCUT2D eigenvalue weighted by atomic mass is 9.89. The van der Waals surface area contributed by atoms with Gasteiger partial charge in [-0.15, -0.1) is 0 Å². The zero-order chi connectivity index (χ0) is 16.1. The summed E-state index contributed by atoms with van der Waals surface area (Å²) < 4.78 is 23.1. The summed E-state index contributed by atoms with van der Waals surface area (Å²) in [6, 6.07) is 5.40. The van der Waals surface area contributed by atoms with Crippen LogP contribution < -0.4 is 10.6 Å². The molecule has 1 aliphatic rings. The Morgan fingerprint density at radius 1 is 1.36 bits per heavy atom. The number of ether oxygens (including phenoxy) is 2. The Bertz CT molecular complexity index is 577. The third-order valence-electron chi connectivity index (χ3n) is 3.28. The lowest BCUT2D eigenvalue weighted by molar-refractivity contribution is -0.149. The van der Waals surface area contributed by atoms with Crippen molar-refractivity contribution in [2.75, 3.05) is 20.3 Å². The van der Waals surface area contributed by atoms with Gasteiger partial charge in [-0.2, -0.15) is 0 Å². The van der Waals surface area contributed by atoms with E-state index >= 15 is 0 Å². The molecule has 1 saturated heterocycles. The fourth-order valence-corrected chi connectivity index (χ4v) is 2.48. The summed E-state index contributed by atoms with van der Waals surface area (Å²) >= 11 is 5.10. The van der Waals surface area contributed by atoms with Gasteiger partial charge in [-0.1, -0.05) is 18.7 Å². The van der Waals surface area contributed by atoms with Crippen molar-refractivity contribution in [1.29, 1.82) is 0 Å². The summed E-state index contributed by atoms with van der Waals surface area (Å²) in [5.41, 5.74) is 1.17. The normalized spacial score (nSPS) is 21.0. The molecule has 2 N–H and O–H groups in total. The number of esters is 1. The van der Waals surface area contributed by atoms with Gasteiger partial charge in [0.25, 0.3) is 0 Å². The fraction of sp³-hybridized carbons (Fsp3) is 0.333. The van der Waals surface area contributed by atoms with Crippen molar-refractivity contribution < 1.29 is 18.7 Å². The van der Waals surface area contributed by atoms with Crippen LogP contribution in [-0.4, -0.2) is 31.4 Å². The molecule has 0 aliphatic carbocycles. The zero-order valence-electron chi connectivity index (χ0n) is 12.1. The van der Waals surface area contributed by atoms with Crippen molar-refractivity contribution >= 4 is 23.3 Å². The third-order valence-corrected chi connectivity index (χ3v) is 3.50. The maximum atomic E-state index is 13.1. The number of thiocarbonyl (C=S) groups is 1. The highest BCUT2D eigenvalue weighted by molar-refractivity contribution is 7.80. The van der Waals surface area contributed by atoms with Crippen LogP contribution in [0, 0.1) is 11.7 Å². The van der Waals surface area contributed by atoms with Gasteiger partial charge < -0.3 is 20.1 Å². The standard InChI is InChI=1S/C15H17FN2O3S/c1-9-12(14(19)21-8-7-20-2)13(18-15(22)17-9)10-3-5-11(16)6-4-10/h3-6,12-13H,1,7-8H2,2H3,(H2,17,18,22)/t12-,13+/m1/s1. The molecule has 0 radical (unpaired) electrons. The van der Waals surface area contributed by atoms with Crippen molar-refractivity contribution in [3.8, 4) is 0 Å². The summed E-state index contributed by atoms with van der Waals surface area (Å²) in [5, 5.41) is 6.20. The van der Waals surface area contributed by atoms with Crippen LogP contribution in [0.15, 0.2) is 36.5 Å². The molecule has 1 aromatic rings. The van der Waals surface area contributed by atoms with Gasteiger partial charge in [0.05, 0.1) is 12.6 Å². The van der Waals surface area contributed by atoms with Gasteiger partial charge in [0.2, 0.25) is 0 Å². The first-order valence-corrected chi connectivity index (χ1v) is 7.11. The molecule has 0 bridgehead atoms. The molecule has 2 atom stereocenters. The molecule has 1 aliphatic heterocycles. The van der Waals surface area contributed by atoms with Crippen LogP contribution in [0.1, 0.15) is 11.6 Å². The third kappa shape index (κ3) is 3.80. The van der Waals surface area contributed by atoms with E-state index in [9.17, 15) is 9.18 Å². The van der Waals surface area contributed by atoms with Crippen molar-refractivity contribution in [2.24, 2.45) is 5.92 Å². The second kappa shape index (κ2) is 7.33. The molecule has 0 amide bonds. The smallest absolute Gasteiger partial charge is 0.317 e. The minimum absolute atomic E-state index is 0.152. The topological polar surface area (TPSA) is 59.6 Å². The Morgan fingerprint density at radius 2 is 2.05 bits per heavy atom. The van der Waals surface area contributed by atoms with Gasteiger partial charge in [-0.05, 0) is 29.9 Å². The molecule has 0 aromatic heterocycles. The van der Waals surface area contributed by atoms with Crippen molar-refractivity contribution in [1.82, 2.24) is 10.6 Å². The van der Waals surface area contributed by atoms with E-state index < -0.39 is 17.9 Å². The number of carbonyl (C=O) groups is 1. The molecule has 0 saturated carbocycles. The maximum absolute atomic E-state index is 13.1. The first kappa shape index (κ1) is 16.4. The summed E-state index contributed by atoms with van der Waals surface area (Å²) in [6.45, 7) is 4.31. The summed E-state index contributed by atoms with van der Waals surface area (Å²) in [5.74, 6) is -1.47. The fourth-order valence-electron chi connectivity index (χ4n) is 2.23. The molecule has 1 fully saturated rings. The minimum Gasteiger partial charge on any atom is -0.463 e. The average Bonchev–Trinajstić information content (AvgIpc) is 2.47. The van der Waals surface area contributed by atoms with Crippen LogP contribution in [0.25, 0.3) is 0 Å². The van der Waals surface area contributed by atoms with Crippen molar-refractivity contribution in [3.05, 3.63) is 47.9 Å². The summed E-state index contributed by atoms with van der Waals surface area (Å²) in [7, 11) is 1.52. The van der Waals surface area contributed by atoms with Gasteiger partial charge in [-0.25, -0.2) is 4.39 Å². The van der Waals surface area contributed by atoms with E-state index in [0.717, 1.165) is 5.56 Å². The predicted molar refractivity (Wildman–Crippen MR) is 83.5 cm³/mol. The molecule has 1 aromatic carbocycles. The molecular formula is C15H17FN2O3S. The van der Waals surface area contributed by atoms with Gasteiger partial charge in [-0.3, -0.25) is 4.79 Å². The number of carbonyl (C=O) groups excluding carboxylic acids is 1. The number of halogens is 1. The van der Waals surface area contributed by atoms with Gasteiger partial charge in [0, 0.05) is 12.8 Å². The van der Waals surface area contributed by atoms with E-state index in [0.29, 0.717) is 17.4 Å². The number of hydrogen-bond donors (Lipinski definition) is 2. The van der Waals surface area contributed by atoms with Crippen LogP contribution in [0.5, 0.6) is 0 Å². The highest BCUT2D eigenvalue weighted by Gasteiger charge is 2.37. The second-order valence-corrected chi connectivity index (χ2v) is 5.20. The quantitative estimate of drug-likeness (QED) is 0.488. The molecule has 0 unspecified atom stereocenters. The van der Waals surface area contributed by atoms with Gasteiger partial charge in [0.15, 0.2) is 5.11 Å². The maximum Gasteiger partial charge on any atom is 0.317 e. The molecule has 118 valence electrons. The van der Waals surface area contributed by atoms with E-state index in [1.165, 1.54) is 19.2 Å².